The molecule has 90 valence electrons. The van der Waals surface area contributed by atoms with Gasteiger partial charge < -0.3 is 15.2 Å². The molecule has 2 aromatic heterocycles. The van der Waals surface area contributed by atoms with Crippen LogP contribution in [0.25, 0.3) is 0 Å². The predicted molar refractivity (Wildman–Crippen MR) is 66.7 cm³/mol. The third-order valence-corrected chi connectivity index (χ3v) is 2.60. The summed E-state index contributed by atoms with van der Waals surface area (Å²) in [6.07, 6.45) is 1.68. The van der Waals surface area contributed by atoms with Crippen molar-refractivity contribution in [3.8, 4) is 0 Å². The van der Waals surface area contributed by atoms with Crippen LogP contribution in [-0.4, -0.2) is 17.2 Å². The van der Waals surface area contributed by atoms with Gasteiger partial charge in [0.15, 0.2) is 0 Å². The summed E-state index contributed by atoms with van der Waals surface area (Å²) in [6, 6.07) is 3.88. The minimum atomic E-state index is 0.660. The van der Waals surface area contributed by atoms with E-state index < -0.39 is 0 Å². The van der Waals surface area contributed by atoms with Gasteiger partial charge in [0.05, 0.1) is 18.4 Å². The Bertz CT molecular complexity index is 521. The highest BCUT2D eigenvalue weighted by molar-refractivity contribution is 5.51. The molecule has 0 aromatic carbocycles. The van der Waals surface area contributed by atoms with E-state index in [4.69, 9.17) is 10.3 Å². The summed E-state index contributed by atoms with van der Waals surface area (Å²) in [6.45, 7) is 4.50. The fourth-order valence-electron chi connectivity index (χ4n) is 1.58. The lowest BCUT2D eigenvalue weighted by molar-refractivity contribution is 0.390. The molecule has 2 heterocycles. The van der Waals surface area contributed by atoms with Gasteiger partial charge in [0.1, 0.15) is 17.3 Å². The first-order valence-corrected chi connectivity index (χ1v) is 5.41. The Labute approximate surface area is 100 Å². The molecule has 2 aromatic rings. The molecule has 0 aliphatic rings. The molecule has 0 radical (unpaired) electrons. The highest BCUT2D eigenvalue weighted by Crippen LogP contribution is 2.17. The molecule has 0 bridgehead atoms. The Hall–Kier alpha value is -2.04. The monoisotopic (exact) mass is 232 g/mol. The summed E-state index contributed by atoms with van der Waals surface area (Å²) in [5, 5.41) is 3.95. The number of aryl methyl sites for hydroxylation is 2. The van der Waals surface area contributed by atoms with Crippen LogP contribution in [-0.2, 0) is 6.54 Å². The number of nitrogens with zero attached hydrogens (tertiary/aromatic N) is 3. The lowest BCUT2D eigenvalue weighted by atomic mass is 10.2. The van der Waals surface area contributed by atoms with Gasteiger partial charge in [-0.15, -0.1) is 0 Å². The largest absolute Gasteiger partial charge is 0.397 e. The second kappa shape index (κ2) is 4.45. The number of aromatic nitrogens is 2. The van der Waals surface area contributed by atoms with Gasteiger partial charge in [-0.25, -0.2) is 4.98 Å². The number of nitrogen functional groups attached to an aromatic ring is 1. The second-order valence-corrected chi connectivity index (χ2v) is 4.18. The first kappa shape index (κ1) is 11.4. The minimum Gasteiger partial charge on any atom is -0.397 e. The molecule has 0 amide bonds. The molecular formula is C12H16N4O. The SMILES string of the molecule is Cc1cc(CN(C)c2cc(C)c(N)cn2)no1. The average molecular weight is 232 g/mol. The molecule has 0 atom stereocenters. The molecular weight excluding hydrogens is 216 g/mol. The number of nitrogens with two attached hydrogens (primary N) is 1. The van der Waals surface area contributed by atoms with Gasteiger partial charge in [0, 0.05) is 13.1 Å². The second-order valence-electron chi connectivity index (χ2n) is 4.18. The van der Waals surface area contributed by atoms with Crippen molar-refractivity contribution in [1.82, 2.24) is 10.1 Å². The van der Waals surface area contributed by atoms with E-state index in [1.807, 2.05) is 37.9 Å². The fraction of sp³-hybridized carbons (Fsp3) is 0.333. The van der Waals surface area contributed by atoms with Crippen LogP contribution in [0, 0.1) is 13.8 Å². The molecule has 17 heavy (non-hydrogen) atoms. The topological polar surface area (TPSA) is 68.2 Å². The molecule has 5 nitrogen and oxygen atoms in total. The molecule has 0 aliphatic heterocycles. The van der Waals surface area contributed by atoms with Gasteiger partial charge in [-0.3, -0.25) is 0 Å². The van der Waals surface area contributed by atoms with Crippen molar-refractivity contribution in [3.05, 3.63) is 35.3 Å². The first-order chi connectivity index (χ1) is 8.06. The maximum absolute atomic E-state index is 5.74. The standard InChI is InChI=1S/C12H16N4O/c1-8-4-12(14-6-11(8)13)16(3)7-10-5-9(2)17-15-10/h4-6H,7,13H2,1-3H3. The zero-order valence-electron chi connectivity index (χ0n) is 10.3. The lowest BCUT2D eigenvalue weighted by Crippen LogP contribution is -2.18. The van der Waals surface area contributed by atoms with E-state index in [9.17, 15) is 0 Å². The van der Waals surface area contributed by atoms with Crippen LogP contribution in [0.2, 0.25) is 0 Å². The third-order valence-electron chi connectivity index (χ3n) is 2.60. The van der Waals surface area contributed by atoms with E-state index in [0.29, 0.717) is 12.2 Å². The Morgan fingerprint density at radius 3 is 2.71 bits per heavy atom. The summed E-state index contributed by atoms with van der Waals surface area (Å²) in [4.78, 5) is 6.29. The molecule has 0 fully saturated rings. The summed E-state index contributed by atoms with van der Waals surface area (Å²) in [5.41, 5.74) is 8.36. The number of hydrogen-bond donors (Lipinski definition) is 1. The highest BCUT2D eigenvalue weighted by atomic mass is 16.5. The van der Waals surface area contributed by atoms with Crippen molar-refractivity contribution in [2.45, 2.75) is 20.4 Å². The van der Waals surface area contributed by atoms with Crippen LogP contribution in [0.4, 0.5) is 11.5 Å². The average Bonchev–Trinajstić information content (AvgIpc) is 2.68. The summed E-state index contributed by atoms with van der Waals surface area (Å²) < 4.78 is 5.03. The van der Waals surface area contributed by atoms with Crippen molar-refractivity contribution in [2.24, 2.45) is 0 Å². The number of hydrogen-bond acceptors (Lipinski definition) is 5. The zero-order valence-corrected chi connectivity index (χ0v) is 10.3. The third kappa shape index (κ3) is 2.55. The smallest absolute Gasteiger partial charge is 0.133 e. The van der Waals surface area contributed by atoms with E-state index >= 15 is 0 Å². The molecule has 0 spiro atoms. The number of rotatable bonds is 3. The van der Waals surface area contributed by atoms with Crippen molar-refractivity contribution in [1.29, 1.82) is 0 Å². The van der Waals surface area contributed by atoms with Gasteiger partial charge in [-0.1, -0.05) is 5.16 Å². The van der Waals surface area contributed by atoms with Gasteiger partial charge in [-0.2, -0.15) is 0 Å². The van der Waals surface area contributed by atoms with Crippen LogP contribution in [0.3, 0.4) is 0 Å². The number of anilines is 2. The van der Waals surface area contributed by atoms with Crippen molar-refractivity contribution in [2.75, 3.05) is 17.7 Å². The Morgan fingerprint density at radius 2 is 2.12 bits per heavy atom. The quantitative estimate of drug-likeness (QED) is 0.875. The van der Waals surface area contributed by atoms with Crippen LogP contribution in [0.15, 0.2) is 22.9 Å². The van der Waals surface area contributed by atoms with E-state index in [2.05, 4.69) is 10.1 Å². The van der Waals surface area contributed by atoms with E-state index in [1.54, 1.807) is 6.20 Å². The minimum absolute atomic E-state index is 0.660. The van der Waals surface area contributed by atoms with E-state index in [0.717, 1.165) is 22.8 Å². The fourth-order valence-corrected chi connectivity index (χ4v) is 1.58. The van der Waals surface area contributed by atoms with Crippen LogP contribution in [0.5, 0.6) is 0 Å². The van der Waals surface area contributed by atoms with Crippen LogP contribution < -0.4 is 10.6 Å². The van der Waals surface area contributed by atoms with E-state index in [-0.39, 0.29) is 0 Å². The maximum atomic E-state index is 5.74. The summed E-state index contributed by atoms with van der Waals surface area (Å²) >= 11 is 0. The zero-order chi connectivity index (χ0) is 12.4. The number of pyridine rings is 1. The molecule has 5 heteroatoms. The van der Waals surface area contributed by atoms with Gasteiger partial charge >= 0.3 is 0 Å². The first-order valence-electron chi connectivity index (χ1n) is 5.41. The molecule has 0 saturated carbocycles. The Kier molecular flexibility index (Phi) is 2.99. The lowest BCUT2D eigenvalue weighted by Gasteiger charge is -2.17. The van der Waals surface area contributed by atoms with Crippen molar-refractivity contribution < 1.29 is 4.52 Å². The molecule has 2 N–H and O–H groups in total. The molecule has 2 rings (SSSR count). The Balaban J connectivity index is 2.14. The predicted octanol–water partition coefficient (Wildman–Crippen LogP) is 1.91. The highest BCUT2D eigenvalue weighted by Gasteiger charge is 2.08. The summed E-state index contributed by atoms with van der Waals surface area (Å²) in [5.74, 6) is 1.69. The molecule has 0 saturated heterocycles. The Morgan fingerprint density at radius 1 is 1.35 bits per heavy atom. The maximum Gasteiger partial charge on any atom is 0.133 e. The van der Waals surface area contributed by atoms with Crippen molar-refractivity contribution in [3.63, 3.8) is 0 Å². The van der Waals surface area contributed by atoms with Crippen LogP contribution >= 0.6 is 0 Å². The molecule has 0 aliphatic carbocycles. The molecule has 0 unspecified atom stereocenters. The van der Waals surface area contributed by atoms with E-state index in [1.165, 1.54) is 0 Å². The van der Waals surface area contributed by atoms with Gasteiger partial charge in [0.25, 0.3) is 0 Å². The van der Waals surface area contributed by atoms with Gasteiger partial charge in [0.2, 0.25) is 0 Å². The van der Waals surface area contributed by atoms with Gasteiger partial charge in [-0.05, 0) is 25.5 Å². The van der Waals surface area contributed by atoms with Crippen molar-refractivity contribution >= 4 is 11.5 Å². The normalized spacial score (nSPS) is 10.5. The van der Waals surface area contributed by atoms with Crippen LogP contribution in [0.1, 0.15) is 17.0 Å². The summed E-state index contributed by atoms with van der Waals surface area (Å²) in [7, 11) is 1.96.